The molecule has 0 spiro atoms. The zero-order valence-corrected chi connectivity index (χ0v) is 9.40. The van der Waals surface area contributed by atoms with Gasteiger partial charge < -0.3 is 4.74 Å². The molecular formula is C12H13F3O. The number of hydrogen-bond acceptors (Lipinski definition) is 1. The molecule has 1 rings (SSSR count). The Morgan fingerprint density at radius 3 is 2.19 bits per heavy atom. The van der Waals surface area contributed by atoms with Crippen LogP contribution in [-0.4, -0.2) is 5.60 Å². The standard InChI is InChI=1S/C12H13F3O/c1-5-7-8(13)6-9(14)11(10(7)15)16-12(2,3)4/h5-6H,1H2,2-4H3. The number of benzene rings is 1. The predicted octanol–water partition coefficient (Wildman–Crippen LogP) is 3.92. The van der Waals surface area contributed by atoms with Crippen LogP contribution in [-0.2, 0) is 0 Å². The van der Waals surface area contributed by atoms with Gasteiger partial charge in [-0.05, 0) is 20.8 Å². The summed E-state index contributed by atoms with van der Waals surface area (Å²) in [5.74, 6) is -3.70. The van der Waals surface area contributed by atoms with Gasteiger partial charge >= 0.3 is 0 Å². The second kappa shape index (κ2) is 4.20. The fourth-order valence-electron chi connectivity index (χ4n) is 1.17. The molecule has 0 radical (unpaired) electrons. The molecule has 0 fully saturated rings. The average Bonchev–Trinajstić information content (AvgIpc) is 2.11. The molecule has 0 amide bonds. The van der Waals surface area contributed by atoms with Crippen molar-refractivity contribution in [1.82, 2.24) is 0 Å². The lowest BCUT2D eigenvalue weighted by molar-refractivity contribution is 0.117. The van der Waals surface area contributed by atoms with Gasteiger partial charge in [-0.2, -0.15) is 0 Å². The molecule has 0 unspecified atom stereocenters. The van der Waals surface area contributed by atoms with E-state index in [2.05, 4.69) is 6.58 Å². The van der Waals surface area contributed by atoms with E-state index in [0.717, 1.165) is 6.08 Å². The molecule has 88 valence electrons. The van der Waals surface area contributed by atoms with Crippen LogP contribution in [0.3, 0.4) is 0 Å². The lowest BCUT2D eigenvalue weighted by Crippen LogP contribution is -2.24. The quantitative estimate of drug-likeness (QED) is 0.748. The first-order valence-corrected chi connectivity index (χ1v) is 4.75. The van der Waals surface area contributed by atoms with E-state index >= 15 is 0 Å². The monoisotopic (exact) mass is 230 g/mol. The number of hydrogen-bond donors (Lipinski definition) is 0. The Morgan fingerprint density at radius 1 is 1.19 bits per heavy atom. The first kappa shape index (κ1) is 12.6. The van der Waals surface area contributed by atoms with E-state index in [9.17, 15) is 13.2 Å². The van der Waals surface area contributed by atoms with E-state index in [1.165, 1.54) is 0 Å². The Bertz CT molecular complexity index is 419. The van der Waals surface area contributed by atoms with Gasteiger partial charge in [-0.15, -0.1) is 0 Å². The third-order valence-corrected chi connectivity index (χ3v) is 1.78. The van der Waals surface area contributed by atoms with E-state index in [-0.39, 0.29) is 5.56 Å². The summed E-state index contributed by atoms with van der Waals surface area (Å²) in [6.45, 7) is 8.19. The summed E-state index contributed by atoms with van der Waals surface area (Å²) in [6.07, 6.45) is 0.986. The summed E-state index contributed by atoms with van der Waals surface area (Å²) < 4.78 is 45.2. The molecule has 0 aliphatic heterocycles. The first-order chi connectivity index (χ1) is 7.26. The van der Waals surface area contributed by atoms with Crippen LogP contribution in [0.4, 0.5) is 13.2 Å². The molecule has 0 aliphatic rings. The Morgan fingerprint density at radius 2 is 1.75 bits per heavy atom. The van der Waals surface area contributed by atoms with Crippen molar-refractivity contribution in [3.05, 3.63) is 35.7 Å². The van der Waals surface area contributed by atoms with Crippen molar-refractivity contribution >= 4 is 6.08 Å². The van der Waals surface area contributed by atoms with Gasteiger partial charge in [-0.1, -0.05) is 12.7 Å². The topological polar surface area (TPSA) is 9.23 Å². The van der Waals surface area contributed by atoms with Crippen molar-refractivity contribution in [2.24, 2.45) is 0 Å². The summed E-state index contributed by atoms with van der Waals surface area (Å²) in [5, 5.41) is 0. The van der Waals surface area contributed by atoms with Crippen LogP contribution in [0.2, 0.25) is 0 Å². The Labute approximate surface area is 92.5 Å². The van der Waals surface area contributed by atoms with Gasteiger partial charge in [0.15, 0.2) is 17.4 Å². The SMILES string of the molecule is C=Cc1c(F)cc(F)c(OC(C)(C)C)c1F. The van der Waals surface area contributed by atoms with Crippen LogP contribution >= 0.6 is 0 Å². The highest BCUT2D eigenvalue weighted by Crippen LogP contribution is 2.30. The zero-order chi connectivity index (χ0) is 12.5. The predicted molar refractivity (Wildman–Crippen MR) is 56.8 cm³/mol. The largest absolute Gasteiger partial charge is 0.482 e. The molecule has 0 heterocycles. The van der Waals surface area contributed by atoms with Gasteiger partial charge in [0.05, 0.1) is 0 Å². The highest BCUT2D eigenvalue weighted by atomic mass is 19.1. The Hall–Kier alpha value is -1.45. The summed E-state index contributed by atoms with van der Waals surface area (Å²) in [7, 11) is 0. The van der Waals surface area contributed by atoms with Crippen molar-refractivity contribution in [1.29, 1.82) is 0 Å². The molecule has 0 bridgehead atoms. The molecule has 4 heteroatoms. The Balaban J connectivity index is 3.34. The second-order valence-electron chi connectivity index (χ2n) is 4.32. The molecule has 0 aliphatic carbocycles. The fraction of sp³-hybridized carbons (Fsp3) is 0.333. The van der Waals surface area contributed by atoms with Gasteiger partial charge in [-0.25, -0.2) is 13.2 Å². The molecule has 16 heavy (non-hydrogen) atoms. The van der Waals surface area contributed by atoms with Crippen LogP contribution in [0.15, 0.2) is 12.6 Å². The van der Waals surface area contributed by atoms with Crippen LogP contribution < -0.4 is 4.74 Å². The number of ether oxygens (including phenoxy) is 1. The molecule has 1 nitrogen and oxygen atoms in total. The van der Waals surface area contributed by atoms with E-state index in [4.69, 9.17) is 4.74 Å². The normalized spacial score (nSPS) is 11.4. The average molecular weight is 230 g/mol. The maximum atomic E-state index is 13.6. The third kappa shape index (κ3) is 2.56. The van der Waals surface area contributed by atoms with Crippen LogP contribution in [0, 0.1) is 17.5 Å². The molecule has 0 aromatic heterocycles. The van der Waals surface area contributed by atoms with E-state index < -0.39 is 28.8 Å². The summed E-state index contributed by atoms with van der Waals surface area (Å²) in [4.78, 5) is 0. The molecule has 0 N–H and O–H groups in total. The highest BCUT2D eigenvalue weighted by molar-refractivity contribution is 5.52. The summed E-state index contributed by atoms with van der Waals surface area (Å²) in [6, 6.07) is 0.584. The minimum atomic E-state index is -1.07. The van der Waals surface area contributed by atoms with E-state index in [0.29, 0.717) is 6.07 Å². The maximum Gasteiger partial charge on any atom is 0.192 e. The summed E-state index contributed by atoms with van der Waals surface area (Å²) in [5.41, 5.74) is -1.15. The first-order valence-electron chi connectivity index (χ1n) is 4.75. The lowest BCUT2D eigenvalue weighted by Gasteiger charge is -2.22. The fourth-order valence-corrected chi connectivity index (χ4v) is 1.17. The molecule has 1 aromatic carbocycles. The number of halogens is 3. The van der Waals surface area contributed by atoms with Crippen molar-refractivity contribution in [3.63, 3.8) is 0 Å². The minimum absolute atomic E-state index is 0.388. The smallest absolute Gasteiger partial charge is 0.192 e. The van der Waals surface area contributed by atoms with Gasteiger partial charge in [0, 0.05) is 11.6 Å². The van der Waals surface area contributed by atoms with Crippen LogP contribution in [0.1, 0.15) is 26.3 Å². The minimum Gasteiger partial charge on any atom is -0.482 e. The second-order valence-corrected chi connectivity index (χ2v) is 4.32. The van der Waals surface area contributed by atoms with Crippen molar-refractivity contribution in [2.75, 3.05) is 0 Å². The van der Waals surface area contributed by atoms with Crippen molar-refractivity contribution in [3.8, 4) is 5.75 Å². The number of rotatable bonds is 2. The molecular weight excluding hydrogens is 217 g/mol. The summed E-state index contributed by atoms with van der Waals surface area (Å²) >= 11 is 0. The molecule has 0 saturated carbocycles. The lowest BCUT2D eigenvalue weighted by atomic mass is 10.1. The van der Waals surface area contributed by atoms with Crippen LogP contribution in [0.25, 0.3) is 6.08 Å². The Kier molecular flexibility index (Phi) is 3.31. The molecule has 0 atom stereocenters. The van der Waals surface area contributed by atoms with Gasteiger partial charge in [-0.3, -0.25) is 0 Å². The van der Waals surface area contributed by atoms with Crippen molar-refractivity contribution in [2.45, 2.75) is 26.4 Å². The highest BCUT2D eigenvalue weighted by Gasteiger charge is 2.22. The van der Waals surface area contributed by atoms with Gasteiger partial charge in [0.2, 0.25) is 0 Å². The molecule has 0 saturated heterocycles. The molecule has 1 aromatic rings. The van der Waals surface area contributed by atoms with E-state index in [1.807, 2.05) is 0 Å². The van der Waals surface area contributed by atoms with Crippen molar-refractivity contribution < 1.29 is 17.9 Å². The van der Waals surface area contributed by atoms with Crippen LogP contribution in [0.5, 0.6) is 5.75 Å². The van der Waals surface area contributed by atoms with Gasteiger partial charge in [0.1, 0.15) is 11.4 Å². The zero-order valence-electron chi connectivity index (χ0n) is 9.40. The third-order valence-electron chi connectivity index (χ3n) is 1.78. The van der Waals surface area contributed by atoms with Gasteiger partial charge in [0.25, 0.3) is 0 Å². The maximum absolute atomic E-state index is 13.6. The van der Waals surface area contributed by atoms with E-state index in [1.54, 1.807) is 20.8 Å².